The van der Waals surface area contributed by atoms with Crippen molar-refractivity contribution in [2.45, 2.75) is 32.6 Å². The first kappa shape index (κ1) is 22.5. The summed E-state index contributed by atoms with van der Waals surface area (Å²) in [4.78, 5) is 18.5. The van der Waals surface area contributed by atoms with Crippen molar-refractivity contribution in [1.82, 2.24) is 15.5 Å². The third-order valence-electron chi connectivity index (χ3n) is 4.86. The molecule has 0 aliphatic rings. The van der Waals surface area contributed by atoms with E-state index in [1.807, 2.05) is 24.3 Å². The molecule has 0 spiro atoms. The minimum Gasteiger partial charge on any atom is -0.357 e. The molecule has 156 valence electrons. The van der Waals surface area contributed by atoms with Crippen LogP contribution in [0.5, 0.6) is 0 Å². The number of carbonyl (C=O) groups is 1. The van der Waals surface area contributed by atoms with E-state index in [0.717, 1.165) is 49.6 Å². The van der Waals surface area contributed by atoms with Crippen LogP contribution in [0.4, 0.5) is 0 Å². The van der Waals surface area contributed by atoms with Gasteiger partial charge in [0, 0.05) is 45.2 Å². The molecule has 0 radical (unpaired) electrons. The number of carbonyl (C=O) groups excluding carboxylic acids is 1. The van der Waals surface area contributed by atoms with Gasteiger partial charge in [-0.15, -0.1) is 0 Å². The van der Waals surface area contributed by atoms with E-state index in [4.69, 9.17) is 4.99 Å². The molecule has 29 heavy (non-hydrogen) atoms. The molecule has 0 saturated carbocycles. The molecule has 1 atom stereocenters. The SMILES string of the molecule is CCNC(=NCC(CC)c1ccccc1)NCCc1cccc(C(=O)N(C)C)c1. The van der Waals surface area contributed by atoms with E-state index < -0.39 is 0 Å². The van der Waals surface area contributed by atoms with Gasteiger partial charge in [0.25, 0.3) is 5.91 Å². The summed E-state index contributed by atoms with van der Waals surface area (Å²) < 4.78 is 0. The summed E-state index contributed by atoms with van der Waals surface area (Å²) in [6, 6.07) is 18.4. The third-order valence-corrected chi connectivity index (χ3v) is 4.86. The fourth-order valence-corrected chi connectivity index (χ4v) is 3.18. The van der Waals surface area contributed by atoms with Gasteiger partial charge in [-0.05, 0) is 43.0 Å². The molecule has 1 amide bonds. The van der Waals surface area contributed by atoms with Crippen LogP contribution in [0, 0.1) is 0 Å². The zero-order chi connectivity index (χ0) is 21.1. The first-order valence-corrected chi connectivity index (χ1v) is 10.4. The summed E-state index contributed by atoms with van der Waals surface area (Å²) in [7, 11) is 3.55. The first-order valence-electron chi connectivity index (χ1n) is 10.4. The van der Waals surface area contributed by atoms with E-state index in [0.29, 0.717) is 5.92 Å². The maximum absolute atomic E-state index is 12.1. The average Bonchev–Trinajstić information content (AvgIpc) is 2.74. The largest absolute Gasteiger partial charge is 0.357 e. The summed E-state index contributed by atoms with van der Waals surface area (Å²) in [5.74, 6) is 1.28. The lowest BCUT2D eigenvalue weighted by molar-refractivity contribution is 0.0827. The minimum absolute atomic E-state index is 0.0289. The quantitative estimate of drug-likeness (QED) is 0.504. The number of rotatable bonds is 9. The van der Waals surface area contributed by atoms with Gasteiger partial charge in [-0.2, -0.15) is 0 Å². The molecule has 0 fully saturated rings. The van der Waals surface area contributed by atoms with Crippen LogP contribution in [0.1, 0.15) is 47.7 Å². The molecular formula is C24H34N4O. The van der Waals surface area contributed by atoms with E-state index in [1.54, 1.807) is 19.0 Å². The number of aliphatic imine (C=N–C) groups is 1. The van der Waals surface area contributed by atoms with E-state index in [-0.39, 0.29) is 5.91 Å². The summed E-state index contributed by atoms with van der Waals surface area (Å²) in [5, 5.41) is 6.74. The molecule has 0 heterocycles. The Labute approximate surface area is 175 Å². The standard InChI is InChI=1S/C24H34N4O/c1-5-20(21-12-8-7-9-13-21)18-27-24(25-6-2)26-16-15-19-11-10-14-22(17-19)23(29)28(3)4/h7-14,17,20H,5-6,15-16,18H2,1-4H3,(H2,25,26,27). The van der Waals surface area contributed by atoms with Gasteiger partial charge in [0.1, 0.15) is 0 Å². The lowest BCUT2D eigenvalue weighted by Crippen LogP contribution is -2.38. The molecule has 2 aromatic carbocycles. The lowest BCUT2D eigenvalue weighted by Gasteiger charge is -2.16. The molecule has 0 bridgehead atoms. The van der Waals surface area contributed by atoms with Crippen molar-refractivity contribution in [3.63, 3.8) is 0 Å². The number of nitrogens with one attached hydrogen (secondary N) is 2. The average molecular weight is 395 g/mol. The molecule has 2 rings (SSSR count). The number of benzene rings is 2. The molecule has 0 aliphatic heterocycles. The Kier molecular flexibility index (Phi) is 9.22. The van der Waals surface area contributed by atoms with Gasteiger partial charge in [0.05, 0.1) is 0 Å². The highest BCUT2D eigenvalue weighted by atomic mass is 16.2. The highest BCUT2D eigenvalue weighted by Crippen LogP contribution is 2.19. The molecular weight excluding hydrogens is 360 g/mol. The van der Waals surface area contributed by atoms with Crippen molar-refractivity contribution in [2.24, 2.45) is 4.99 Å². The highest BCUT2D eigenvalue weighted by Gasteiger charge is 2.10. The lowest BCUT2D eigenvalue weighted by atomic mass is 9.97. The molecule has 2 aromatic rings. The van der Waals surface area contributed by atoms with Crippen LogP contribution < -0.4 is 10.6 Å². The Morgan fingerprint density at radius 1 is 1.03 bits per heavy atom. The Hall–Kier alpha value is -2.82. The Morgan fingerprint density at radius 3 is 2.45 bits per heavy atom. The van der Waals surface area contributed by atoms with Gasteiger partial charge in [0.15, 0.2) is 5.96 Å². The van der Waals surface area contributed by atoms with Crippen LogP contribution in [0.3, 0.4) is 0 Å². The van der Waals surface area contributed by atoms with Gasteiger partial charge in [-0.1, -0.05) is 49.4 Å². The first-order chi connectivity index (χ1) is 14.0. The molecule has 2 N–H and O–H groups in total. The van der Waals surface area contributed by atoms with E-state index >= 15 is 0 Å². The van der Waals surface area contributed by atoms with Crippen molar-refractivity contribution in [3.05, 3.63) is 71.3 Å². The second kappa shape index (κ2) is 11.9. The van der Waals surface area contributed by atoms with Crippen molar-refractivity contribution in [2.75, 3.05) is 33.7 Å². The van der Waals surface area contributed by atoms with Crippen LogP contribution >= 0.6 is 0 Å². The molecule has 0 aromatic heterocycles. The van der Waals surface area contributed by atoms with Crippen LogP contribution in [0.25, 0.3) is 0 Å². The van der Waals surface area contributed by atoms with Crippen LogP contribution in [-0.4, -0.2) is 50.5 Å². The number of hydrogen-bond donors (Lipinski definition) is 2. The van der Waals surface area contributed by atoms with Gasteiger partial charge in [-0.3, -0.25) is 9.79 Å². The monoisotopic (exact) mass is 394 g/mol. The van der Waals surface area contributed by atoms with E-state index in [2.05, 4.69) is 54.8 Å². The topological polar surface area (TPSA) is 56.7 Å². The van der Waals surface area contributed by atoms with E-state index in [1.165, 1.54) is 5.56 Å². The number of guanidine groups is 1. The fourth-order valence-electron chi connectivity index (χ4n) is 3.18. The Balaban J connectivity index is 1.94. The van der Waals surface area contributed by atoms with Crippen LogP contribution in [0.15, 0.2) is 59.6 Å². The third kappa shape index (κ3) is 7.26. The van der Waals surface area contributed by atoms with Crippen molar-refractivity contribution >= 4 is 11.9 Å². The molecule has 5 nitrogen and oxygen atoms in total. The number of hydrogen-bond acceptors (Lipinski definition) is 2. The Morgan fingerprint density at radius 2 is 1.79 bits per heavy atom. The summed E-state index contributed by atoms with van der Waals surface area (Å²) in [6.45, 7) is 6.61. The molecule has 1 unspecified atom stereocenters. The zero-order valence-electron chi connectivity index (χ0n) is 18.1. The van der Waals surface area contributed by atoms with Crippen LogP contribution in [-0.2, 0) is 6.42 Å². The van der Waals surface area contributed by atoms with Gasteiger partial charge >= 0.3 is 0 Å². The molecule has 0 saturated heterocycles. The van der Waals surface area contributed by atoms with Gasteiger partial charge in [-0.25, -0.2) is 0 Å². The van der Waals surface area contributed by atoms with Crippen LogP contribution in [0.2, 0.25) is 0 Å². The number of nitrogens with zero attached hydrogens (tertiary/aromatic N) is 2. The van der Waals surface area contributed by atoms with Gasteiger partial charge < -0.3 is 15.5 Å². The summed E-state index contributed by atoms with van der Waals surface area (Å²) in [5.41, 5.74) is 3.19. The predicted octanol–water partition coefficient (Wildman–Crippen LogP) is 3.68. The van der Waals surface area contributed by atoms with Crippen molar-refractivity contribution < 1.29 is 4.79 Å². The molecule has 0 aliphatic carbocycles. The van der Waals surface area contributed by atoms with Gasteiger partial charge in [0.2, 0.25) is 0 Å². The normalized spacial score (nSPS) is 12.3. The summed E-state index contributed by atoms with van der Waals surface area (Å²) in [6.07, 6.45) is 1.88. The fraction of sp³-hybridized carbons (Fsp3) is 0.417. The second-order valence-electron chi connectivity index (χ2n) is 7.31. The number of amides is 1. The summed E-state index contributed by atoms with van der Waals surface area (Å²) >= 11 is 0. The maximum atomic E-state index is 12.1. The van der Waals surface area contributed by atoms with Crippen molar-refractivity contribution in [1.29, 1.82) is 0 Å². The minimum atomic E-state index is 0.0289. The molecule has 5 heteroatoms. The highest BCUT2D eigenvalue weighted by molar-refractivity contribution is 5.94. The van der Waals surface area contributed by atoms with E-state index in [9.17, 15) is 4.79 Å². The Bertz CT molecular complexity index is 786. The van der Waals surface area contributed by atoms with Crippen molar-refractivity contribution in [3.8, 4) is 0 Å². The smallest absolute Gasteiger partial charge is 0.253 e. The maximum Gasteiger partial charge on any atom is 0.253 e. The predicted molar refractivity (Wildman–Crippen MR) is 122 cm³/mol. The zero-order valence-corrected chi connectivity index (χ0v) is 18.1. The second-order valence-corrected chi connectivity index (χ2v) is 7.31.